The van der Waals surface area contributed by atoms with Crippen molar-refractivity contribution in [3.63, 3.8) is 0 Å². The van der Waals surface area contributed by atoms with Gasteiger partial charge in [0.25, 0.3) is 0 Å². The fraction of sp³-hybridized carbons (Fsp3) is 0.308. The van der Waals surface area contributed by atoms with Gasteiger partial charge in [-0.25, -0.2) is 0 Å². The molecule has 0 fully saturated rings. The monoisotopic (exact) mass is 389 g/mol. The van der Waals surface area contributed by atoms with Crippen LogP contribution in [0.1, 0.15) is 37.8 Å². The van der Waals surface area contributed by atoms with E-state index in [0.29, 0.717) is 0 Å². The predicted octanol–water partition coefficient (Wildman–Crippen LogP) is 6.49. The van der Waals surface area contributed by atoms with Crippen LogP contribution in [-0.2, 0) is 13.0 Å². The molecule has 3 rings (SSSR count). The molecule has 0 saturated carbocycles. The Morgan fingerprint density at radius 2 is 1.62 bits per heavy atom. The highest BCUT2D eigenvalue weighted by atomic mass is 16.5. The molecule has 0 aromatic heterocycles. The van der Waals surface area contributed by atoms with Crippen molar-refractivity contribution < 1.29 is 9.47 Å². The van der Waals surface area contributed by atoms with E-state index in [1.807, 2.05) is 30.3 Å². The molecule has 0 heterocycles. The Morgan fingerprint density at radius 3 is 2.38 bits per heavy atom. The Morgan fingerprint density at radius 1 is 0.828 bits per heavy atom. The van der Waals surface area contributed by atoms with Gasteiger partial charge in [0.2, 0.25) is 0 Å². The number of anilines is 1. The number of rotatable bonds is 11. The SMILES string of the molecule is CCC(C)Oc1ccc(CNc2cccc(OCCCc3ccccc3)c2)cc1. The molecule has 0 amide bonds. The third kappa shape index (κ3) is 7.19. The number of hydrogen-bond acceptors (Lipinski definition) is 3. The van der Waals surface area contributed by atoms with E-state index < -0.39 is 0 Å². The van der Waals surface area contributed by atoms with Crippen molar-refractivity contribution in [1.29, 1.82) is 0 Å². The van der Waals surface area contributed by atoms with E-state index in [9.17, 15) is 0 Å². The maximum Gasteiger partial charge on any atom is 0.121 e. The highest BCUT2D eigenvalue weighted by Gasteiger charge is 2.02. The molecule has 152 valence electrons. The minimum Gasteiger partial charge on any atom is -0.494 e. The Bertz CT molecular complexity index is 846. The summed E-state index contributed by atoms with van der Waals surface area (Å²) in [5.74, 6) is 1.83. The summed E-state index contributed by atoms with van der Waals surface area (Å²) in [6.45, 7) is 5.70. The van der Waals surface area contributed by atoms with Crippen molar-refractivity contribution in [2.24, 2.45) is 0 Å². The summed E-state index contributed by atoms with van der Waals surface area (Å²) < 4.78 is 11.8. The smallest absolute Gasteiger partial charge is 0.121 e. The van der Waals surface area contributed by atoms with Crippen LogP contribution in [0.4, 0.5) is 5.69 Å². The zero-order valence-electron chi connectivity index (χ0n) is 17.4. The molecule has 3 aromatic rings. The topological polar surface area (TPSA) is 30.5 Å². The molecule has 1 unspecified atom stereocenters. The summed E-state index contributed by atoms with van der Waals surface area (Å²) in [6, 6.07) is 27.0. The molecule has 1 N–H and O–H groups in total. The van der Waals surface area contributed by atoms with Crippen LogP contribution in [0.3, 0.4) is 0 Å². The Labute approximate surface area is 174 Å². The first-order valence-corrected chi connectivity index (χ1v) is 10.5. The lowest BCUT2D eigenvalue weighted by Gasteiger charge is -2.13. The number of aryl methyl sites for hydroxylation is 1. The Kier molecular flexibility index (Phi) is 8.00. The molecule has 0 aliphatic carbocycles. The average molecular weight is 390 g/mol. The quantitative estimate of drug-likeness (QED) is 0.380. The van der Waals surface area contributed by atoms with Crippen LogP contribution in [0, 0.1) is 0 Å². The summed E-state index contributed by atoms with van der Waals surface area (Å²) in [4.78, 5) is 0. The lowest BCUT2D eigenvalue weighted by molar-refractivity contribution is 0.217. The largest absolute Gasteiger partial charge is 0.494 e. The third-order valence-corrected chi connectivity index (χ3v) is 4.89. The summed E-state index contributed by atoms with van der Waals surface area (Å²) in [6.07, 6.45) is 3.30. The van der Waals surface area contributed by atoms with Crippen LogP contribution in [0.5, 0.6) is 11.5 Å². The lowest BCUT2D eigenvalue weighted by atomic mass is 10.1. The first-order chi connectivity index (χ1) is 14.2. The molecular formula is C26H31NO2. The van der Waals surface area contributed by atoms with Crippen molar-refractivity contribution in [2.75, 3.05) is 11.9 Å². The van der Waals surface area contributed by atoms with Crippen LogP contribution >= 0.6 is 0 Å². The number of hydrogen-bond donors (Lipinski definition) is 1. The van der Waals surface area contributed by atoms with Gasteiger partial charge in [-0.05, 0) is 61.6 Å². The van der Waals surface area contributed by atoms with Crippen molar-refractivity contribution in [2.45, 2.75) is 45.8 Å². The standard InChI is InChI=1S/C26H31NO2/c1-3-21(2)29-25-16-14-23(15-17-25)20-27-24-12-7-13-26(19-24)28-18-8-11-22-9-5-4-6-10-22/h4-7,9-10,12-17,19,21,27H,3,8,11,18,20H2,1-2H3. The van der Waals surface area contributed by atoms with Crippen LogP contribution < -0.4 is 14.8 Å². The van der Waals surface area contributed by atoms with Gasteiger partial charge in [0.1, 0.15) is 11.5 Å². The van der Waals surface area contributed by atoms with Gasteiger partial charge in [0.05, 0.1) is 12.7 Å². The van der Waals surface area contributed by atoms with E-state index in [4.69, 9.17) is 9.47 Å². The van der Waals surface area contributed by atoms with E-state index in [0.717, 1.165) is 49.6 Å². The molecule has 0 aliphatic heterocycles. The average Bonchev–Trinajstić information content (AvgIpc) is 2.77. The maximum absolute atomic E-state index is 5.93. The van der Waals surface area contributed by atoms with Crippen LogP contribution in [0.2, 0.25) is 0 Å². The van der Waals surface area contributed by atoms with Crippen LogP contribution in [-0.4, -0.2) is 12.7 Å². The van der Waals surface area contributed by atoms with Gasteiger partial charge < -0.3 is 14.8 Å². The first kappa shape index (κ1) is 20.8. The van der Waals surface area contributed by atoms with E-state index >= 15 is 0 Å². The molecule has 0 radical (unpaired) electrons. The van der Waals surface area contributed by atoms with E-state index in [2.05, 4.69) is 67.7 Å². The minimum atomic E-state index is 0.245. The maximum atomic E-state index is 5.93. The summed E-state index contributed by atoms with van der Waals surface area (Å²) in [7, 11) is 0. The van der Waals surface area contributed by atoms with Gasteiger partial charge in [0.15, 0.2) is 0 Å². The molecule has 3 aromatic carbocycles. The van der Waals surface area contributed by atoms with E-state index in [-0.39, 0.29) is 6.10 Å². The summed E-state index contributed by atoms with van der Waals surface area (Å²) in [5.41, 5.74) is 3.63. The Balaban J connectivity index is 1.43. The first-order valence-electron chi connectivity index (χ1n) is 10.5. The molecule has 0 aliphatic rings. The number of ether oxygens (including phenoxy) is 2. The van der Waals surface area contributed by atoms with Gasteiger partial charge in [-0.1, -0.05) is 55.5 Å². The van der Waals surface area contributed by atoms with Crippen molar-refractivity contribution in [1.82, 2.24) is 0 Å². The minimum absolute atomic E-state index is 0.245. The fourth-order valence-electron chi connectivity index (χ4n) is 3.01. The molecule has 3 heteroatoms. The second-order valence-electron chi connectivity index (χ2n) is 7.30. The summed E-state index contributed by atoms with van der Waals surface area (Å²) in [5, 5.41) is 3.47. The normalized spacial score (nSPS) is 11.7. The number of nitrogens with one attached hydrogen (secondary N) is 1. The second kappa shape index (κ2) is 11.2. The van der Waals surface area contributed by atoms with E-state index in [1.165, 1.54) is 11.1 Å². The van der Waals surface area contributed by atoms with Crippen molar-refractivity contribution in [3.05, 3.63) is 90.0 Å². The lowest BCUT2D eigenvalue weighted by Crippen LogP contribution is -2.09. The van der Waals surface area contributed by atoms with Crippen LogP contribution in [0.25, 0.3) is 0 Å². The van der Waals surface area contributed by atoms with Gasteiger partial charge in [0, 0.05) is 18.3 Å². The molecule has 29 heavy (non-hydrogen) atoms. The molecule has 3 nitrogen and oxygen atoms in total. The highest BCUT2D eigenvalue weighted by Crippen LogP contribution is 2.20. The van der Waals surface area contributed by atoms with Crippen LogP contribution in [0.15, 0.2) is 78.9 Å². The molecule has 0 bridgehead atoms. The van der Waals surface area contributed by atoms with Gasteiger partial charge in [-0.2, -0.15) is 0 Å². The molecular weight excluding hydrogens is 358 g/mol. The molecule has 0 spiro atoms. The van der Waals surface area contributed by atoms with Gasteiger partial charge in [-0.15, -0.1) is 0 Å². The predicted molar refractivity (Wildman–Crippen MR) is 121 cm³/mol. The third-order valence-electron chi connectivity index (χ3n) is 4.89. The summed E-state index contributed by atoms with van der Waals surface area (Å²) >= 11 is 0. The zero-order chi connectivity index (χ0) is 20.3. The second-order valence-corrected chi connectivity index (χ2v) is 7.30. The van der Waals surface area contributed by atoms with Crippen molar-refractivity contribution in [3.8, 4) is 11.5 Å². The zero-order valence-corrected chi connectivity index (χ0v) is 17.4. The highest BCUT2D eigenvalue weighted by molar-refractivity contribution is 5.48. The number of benzene rings is 3. The molecule has 1 atom stereocenters. The van der Waals surface area contributed by atoms with E-state index in [1.54, 1.807) is 0 Å². The van der Waals surface area contributed by atoms with Crippen molar-refractivity contribution >= 4 is 5.69 Å². The van der Waals surface area contributed by atoms with Gasteiger partial charge >= 0.3 is 0 Å². The fourth-order valence-corrected chi connectivity index (χ4v) is 3.01. The Hall–Kier alpha value is -2.94. The molecule has 0 saturated heterocycles. The van der Waals surface area contributed by atoms with Gasteiger partial charge in [-0.3, -0.25) is 0 Å².